The van der Waals surface area contributed by atoms with Gasteiger partial charge in [-0.15, -0.1) is 0 Å². The Morgan fingerprint density at radius 1 is 1.16 bits per heavy atom. The van der Waals surface area contributed by atoms with E-state index in [1.165, 1.54) is 0 Å². The highest BCUT2D eigenvalue weighted by Crippen LogP contribution is 2.26. The molecule has 0 aliphatic rings. The van der Waals surface area contributed by atoms with Crippen molar-refractivity contribution in [1.29, 1.82) is 0 Å². The van der Waals surface area contributed by atoms with Crippen molar-refractivity contribution < 1.29 is 9.53 Å². The largest absolute Gasteiger partial charge is 0.496 e. The van der Waals surface area contributed by atoms with Crippen molar-refractivity contribution in [3.63, 3.8) is 0 Å². The molecule has 98 valence electrons. The molecule has 0 aliphatic heterocycles. The average Bonchev–Trinajstić information content (AvgIpc) is 2.40. The third kappa shape index (κ3) is 3.17. The highest BCUT2D eigenvalue weighted by Gasteiger charge is 2.17. The molecule has 0 spiro atoms. The van der Waals surface area contributed by atoms with Crippen molar-refractivity contribution in [2.75, 3.05) is 7.11 Å². The van der Waals surface area contributed by atoms with E-state index in [-0.39, 0.29) is 5.78 Å². The van der Waals surface area contributed by atoms with Crippen LogP contribution in [0.15, 0.2) is 40.9 Å². The van der Waals surface area contributed by atoms with Crippen LogP contribution in [0.4, 0.5) is 0 Å². The molecule has 2 aromatic rings. The maximum absolute atomic E-state index is 12.6. The van der Waals surface area contributed by atoms with Crippen LogP contribution in [-0.4, -0.2) is 12.9 Å². The molecule has 19 heavy (non-hydrogen) atoms. The van der Waals surface area contributed by atoms with Crippen molar-refractivity contribution in [3.05, 3.63) is 61.1 Å². The van der Waals surface area contributed by atoms with Crippen LogP contribution < -0.4 is 4.74 Å². The van der Waals surface area contributed by atoms with Gasteiger partial charge in [-0.05, 0) is 59.8 Å². The van der Waals surface area contributed by atoms with Gasteiger partial charge in [-0.1, -0.05) is 27.6 Å². The smallest absolute Gasteiger partial charge is 0.197 e. The van der Waals surface area contributed by atoms with Crippen molar-refractivity contribution in [2.24, 2.45) is 0 Å². The van der Waals surface area contributed by atoms with Crippen LogP contribution >= 0.6 is 38.5 Å². The van der Waals surface area contributed by atoms with Crippen molar-refractivity contribution in [1.82, 2.24) is 0 Å². The number of carbonyl (C=O) groups is 1. The van der Waals surface area contributed by atoms with E-state index in [9.17, 15) is 4.79 Å². The highest BCUT2D eigenvalue weighted by molar-refractivity contribution is 14.1. The first-order valence-corrected chi connectivity index (χ1v) is 7.54. The number of ketones is 1. The molecule has 0 heterocycles. The van der Waals surface area contributed by atoms with Gasteiger partial charge in [-0.3, -0.25) is 4.79 Å². The Labute approximate surface area is 134 Å². The minimum Gasteiger partial charge on any atom is -0.496 e. The van der Waals surface area contributed by atoms with Gasteiger partial charge in [-0.25, -0.2) is 0 Å². The van der Waals surface area contributed by atoms with E-state index in [2.05, 4.69) is 38.5 Å². The van der Waals surface area contributed by atoms with Crippen LogP contribution in [0.1, 0.15) is 21.5 Å². The number of methoxy groups -OCH3 is 1. The molecule has 2 rings (SSSR count). The van der Waals surface area contributed by atoms with Gasteiger partial charge >= 0.3 is 0 Å². The summed E-state index contributed by atoms with van der Waals surface area (Å²) in [6.45, 7) is 1.96. The van der Waals surface area contributed by atoms with E-state index in [4.69, 9.17) is 4.74 Å². The van der Waals surface area contributed by atoms with Gasteiger partial charge < -0.3 is 4.74 Å². The molecule has 0 N–H and O–H groups in total. The zero-order valence-corrected chi connectivity index (χ0v) is 14.3. The maximum Gasteiger partial charge on any atom is 0.197 e. The SMILES string of the molecule is COc1ccc(C)cc1C(=O)c1cc(Br)ccc1I. The summed E-state index contributed by atoms with van der Waals surface area (Å²) in [7, 11) is 1.58. The Balaban J connectivity index is 2.55. The third-order valence-electron chi connectivity index (χ3n) is 2.77. The lowest BCUT2D eigenvalue weighted by Crippen LogP contribution is -2.06. The molecule has 2 nitrogen and oxygen atoms in total. The van der Waals surface area contributed by atoms with Crippen LogP contribution in [-0.2, 0) is 0 Å². The number of rotatable bonds is 3. The third-order valence-corrected chi connectivity index (χ3v) is 4.21. The predicted octanol–water partition coefficient (Wildman–Crippen LogP) is 4.60. The summed E-state index contributed by atoms with van der Waals surface area (Å²) in [5.74, 6) is 0.581. The van der Waals surface area contributed by atoms with Crippen LogP contribution in [0.3, 0.4) is 0 Å². The number of ether oxygens (including phenoxy) is 1. The molecular formula is C15H12BrIO2. The predicted molar refractivity (Wildman–Crippen MR) is 88.0 cm³/mol. The molecule has 2 aromatic carbocycles. The number of hydrogen-bond donors (Lipinski definition) is 0. The lowest BCUT2D eigenvalue weighted by Gasteiger charge is -2.10. The molecule has 0 unspecified atom stereocenters. The number of hydrogen-bond acceptors (Lipinski definition) is 2. The second-order valence-electron chi connectivity index (χ2n) is 4.16. The van der Waals surface area contributed by atoms with Gasteiger partial charge in [0.1, 0.15) is 5.75 Å². The van der Waals surface area contributed by atoms with Gasteiger partial charge in [0, 0.05) is 13.6 Å². The summed E-state index contributed by atoms with van der Waals surface area (Å²) in [5.41, 5.74) is 2.31. The Morgan fingerprint density at radius 3 is 2.58 bits per heavy atom. The normalized spacial score (nSPS) is 10.3. The second kappa shape index (κ2) is 6.05. The number of aryl methyl sites for hydroxylation is 1. The zero-order valence-electron chi connectivity index (χ0n) is 10.5. The maximum atomic E-state index is 12.6. The molecule has 0 aliphatic carbocycles. The molecule has 0 amide bonds. The van der Waals surface area contributed by atoms with Gasteiger partial charge in [-0.2, -0.15) is 0 Å². The highest BCUT2D eigenvalue weighted by atomic mass is 127. The van der Waals surface area contributed by atoms with E-state index in [1.54, 1.807) is 7.11 Å². The molecular weight excluding hydrogens is 419 g/mol. The first-order valence-electron chi connectivity index (χ1n) is 5.67. The van der Waals surface area contributed by atoms with Gasteiger partial charge in [0.15, 0.2) is 5.78 Å². The van der Waals surface area contributed by atoms with E-state index >= 15 is 0 Å². The van der Waals surface area contributed by atoms with E-state index < -0.39 is 0 Å². The topological polar surface area (TPSA) is 26.3 Å². The Kier molecular flexibility index (Phi) is 4.62. The minimum absolute atomic E-state index is 0.0220. The van der Waals surface area contributed by atoms with Gasteiger partial charge in [0.2, 0.25) is 0 Å². The number of carbonyl (C=O) groups excluding carboxylic acids is 1. The van der Waals surface area contributed by atoms with Crippen LogP contribution in [0.25, 0.3) is 0 Å². The van der Waals surface area contributed by atoms with Gasteiger partial charge in [0.05, 0.1) is 12.7 Å². The van der Waals surface area contributed by atoms with Crippen molar-refractivity contribution >= 4 is 44.3 Å². The Bertz CT molecular complexity index is 638. The molecule has 0 bridgehead atoms. The molecule has 0 saturated carbocycles. The second-order valence-corrected chi connectivity index (χ2v) is 6.23. The average molecular weight is 431 g/mol. The van der Waals surface area contributed by atoms with Crippen molar-refractivity contribution in [3.8, 4) is 5.75 Å². The summed E-state index contributed by atoms with van der Waals surface area (Å²) in [5, 5.41) is 0. The fraction of sp³-hybridized carbons (Fsp3) is 0.133. The molecule has 0 fully saturated rings. The molecule has 4 heteroatoms. The van der Waals surface area contributed by atoms with E-state index in [0.29, 0.717) is 16.9 Å². The first-order chi connectivity index (χ1) is 9.02. The minimum atomic E-state index is -0.0220. The summed E-state index contributed by atoms with van der Waals surface area (Å²) in [6, 6.07) is 11.3. The summed E-state index contributed by atoms with van der Waals surface area (Å²) in [6.07, 6.45) is 0. The van der Waals surface area contributed by atoms with Gasteiger partial charge in [0.25, 0.3) is 0 Å². The zero-order chi connectivity index (χ0) is 14.0. The summed E-state index contributed by atoms with van der Waals surface area (Å²) in [4.78, 5) is 12.6. The fourth-order valence-corrected chi connectivity index (χ4v) is 2.76. The quantitative estimate of drug-likeness (QED) is 0.525. The monoisotopic (exact) mass is 430 g/mol. The number of halogens is 2. The molecule has 0 radical (unpaired) electrons. The molecule has 0 atom stereocenters. The lowest BCUT2D eigenvalue weighted by molar-refractivity contribution is 0.103. The fourth-order valence-electron chi connectivity index (χ4n) is 1.82. The standard InChI is InChI=1S/C15H12BrIO2/c1-9-3-6-14(19-2)12(7-9)15(18)11-8-10(16)4-5-13(11)17/h3-8H,1-2H3. The molecule has 0 saturated heterocycles. The van der Waals surface area contributed by atoms with Crippen LogP contribution in [0.5, 0.6) is 5.75 Å². The molecule has 0 aromatic heterocycles. The first kappa shape index (κ1) is 14.5. The van der Waals surface area contributed by atoms with E-state index in [1.807, 2.05) is 43.3 Å². The Hall–Kier alpha value is -0.880. The van der Waals surface area contributed by atoms with Crippen molar-refractivity contribution in [2.45, 2.75) is 6.92 Å². The number of benzene rings is 2. The van der Waals surface area contributed by atoms with E-state index in [0.717, 1.165) is 13.6 Å². The van der Waals surface area contributed by atoms with Crippen LogP contribution in [0, 0.1) is 10.5 Å². The summed E-state index contributed by atoms with van der Waals surface area (Å²) >= 11 is 5.57. The van der Waals surface area contributed by atoms with Crippen LogP contribution in [0.2, 0.25) is 0 Å². The summed E-state index contributed by atoms with van der Waals surface area (Å²) < 4.78 is 7.09. The Morgan fingerprint density at radius 2 is 1.89 bits per heavy atom. The lowest BCUT2D eigenvalue weighted by atomic mass is 10.0.